The third kappa shape index (κ3) is 11.9. The Bertz CT molecular complexity index is 2790. The molecule has 2 aliphatic rings. The number of nitrogens with zero attached hydrogens (tertiary/aromatic N) is 2. The summed E-state index contributed by atoms with van der Waals surface area (Å²) < 4.78 is 92.6. The Kier molecular flexibility index (Phi) is 15.2. The van der Waals surface area contributed by atoms with Crippen molar-refractivity contribution in [1.29, 1.82) is 0 Å². The van der Waals surface area contributed by atoms with Crippen LogP contribution in [0.1, 0.15) is 81.1 Å². The first-order chi connectivity index (χ1) is 32.5. The molecule has 3 aromatic carbocycles. The van der Waals surface area contributed by atoms with E-state index in [0.29, 0.717) is 11.1 Å². The molecule has 3 heterocycles. The number of hydrogen-bond acceptors (Lipinski definition) is 18. The Morgan fingerprint density at radius 2 is 1.41 bits per heavy atom. The van der Waals surface area contributed by atoms with E-state index in [-0.39, 0.29) is 45.6 Å². The number of amides is 1. The number of benzene rings is 3. The van der Waals surface area contributed by atoms with Gasteiger partial charge in [-0.2, -0.15) is 13.2 Å². The number of hydrogen-bond donors (Lipinski definition) is 1. The summed E-state index contributed by atoms with van der Waals surface area (Å²) in [5.41, 5.74) is -2.50. The highest BCUT2D eigenvalue weighted by Gasteiger charge is 2.65. The number of anilines is 1. The Hall–Kier alpha value is -7.62. The van der Waals surface area contributed by atoms with Gasteiger partial charge in [0.2, 0.25) is 17.8 Å². The van der Waals surface area contributed by atoms with Gasteiger partial charge in [-0.3, -0.25) is 33.6 Å². The number of carbonyl (C=O) groups is 6. The van der Waals surface area contributed by atoms with Crippen LogP contribution in [0, 0.1) is 6.92 Å². The van der Waals surface area contributed by atoms with Crippen molar-refractivity contribution in [2.24, 2.45) is 10.2 Å². The average Bonchev–Trinajstić information content (AvgIpc) is 4.09. The van der Waals surface area contributed by atoms with Crippen molar-refractivity contribution < 1.29 is 84.3 Å². The molecular weight excluding hydrogens is 920 g/mol. The first kappa shape index (κ1) is 50.8. The van der Waals surface area contributed by atoms with E-state index in [0.717, 1.165) is 33.3 Å². The maximum atomic E-state index is 14.5. The largest absolute Gasteiger partial charge is 0.463 e. The number of aryl methyl sites for hydroxylation is 1. The molecule has 366 valence electrons. The van der Waals surface area contributed by atoms with Gasteiger partial charge in [0.1, 0.15) is 36.4 Å². The van der Waals surface area contributed by atoms with Gasteiger partial charge in [0, 0.05) is 51.3 Å². The van der Waals surface area contributed by atoms with Crippen molar-refractivity contribution in [3.63, 3.8) is 0 Å². The fourth-order valence-electron chi connectivity index (χ4n) is 7.16. The lowest BCUT2D eigenvalue weighted by Gasteiger charge is -2.44. The van der Waals surface area contributed by atoms with Crippen LogP contribution in [0.4, 0.5) is 18.9 Å². The predicted octanol–water partition coefficient (Wildman–Crippen LogP) is 7.01. The maximum Gasteiger partial charge on any atom is 0.442 e. The third-order valence-corrected chi connectivity index (χ3v) is 10.4. The lowest BCUT2D eigenvalue weighted by atomic mass is 9.98. The third-order valence-electron chi connectivity index (χ3n) is 10.4. The molecule has 5 atom stereocenters. The fraction of sp³-hybridized carbons (Fsp3) is 0.383. The first-order valence-electron chi connectivity index (χ1n) is 21.0. The van der Waals surface area contributed by atoms with E-state index in [1.807, 2.05) is 19.9 Å². The van der Waals surface area contributed by atoms with Crippen molar-refractivity contribution in [3.05, 3.63) is 104 Å². The van der Waals surface area contributed by atoms with Gasteiger partial charge in [0.05, 0.1) is 5.39 Å². The SMILES string of the molecule is CC(=O)OC[C@H]1O[C@@H](Oc2ccc3c(=O)c(NC(=O)c4ccc(OC(C)=O)c(CC=C(C)C)c4)c(OCc4ccc(C5(C(F)(F)F)N=N5)cc4)oc3c2C)[C@H](OC(C)=O)[C@@H](OC(C)=O)[C@@H]1OC(C)=O. The standard InChI is InChI=1S/C47H46F3N3O16/c1-22(2)9-12-30-19-31(13-17-35(30)63-25(5)55)43(60)51-37-38(59)33-16-18-34(23(3)39(33)69-44(37)62-20-29-10-14-32(15-11-29)46(52-53-46)47(48,49)50)67-45-42(66-28(8)58)41(65-27(7)57)40(64-26(6)56)36(68-45)21-61-24(4)54/h9-11,13-19,36,40-42,45H,12,20-21H2,1-8H3,(H,51,60)/t36-,40-,41+,42-,45-/m1/s1. The monoisotopic (exact) mass is 965 g/mol. The lowest BCUT2D eigenvalue weighted by Crippen LogP contribution is -2.63. The van der Waals surface area contributed by atoms with Crippen LogP contribution in [0.25, 0.3) is 11.0 Å². The van der Waals surface area contributed by atoms with Crippen molar-refractivity contribution >= 4 is 52.4 Å². The van der Waals surface area contributed by atoms with Gasteiger partial charge in [-0.1, -0.05) is 35.9 Å². The summed E-state index contributed by atoms with van der Waals surface area (Å²) in [6.07, 6.45) is -10.3. The Morgan fingerprint density at radius 1 is 0.783 bits per heavy atom. The Balaban J connectivity index is 1.41. The molecule has 1 aromatic heterocycles. The zero-order valence-corrected chi connectivity index (χ0v) is 38.3. The van der Waals surface area contributed by atoms with Crippen LogP contribution in [-0.4, -0.2) is 79.2 Å². The minimum atomic E-state index is -4.77. The van der Waals surface area contributed by atoms with E-state index in [1.54, 1.807) is 0 Å². The smallest absolute Gasteiger partial charge is 0.442 e. The summed E-state index contributed by atoms with van der Waals surface area (Å²) in [7, 11) is 0. The number of nitrogens with one attached hydrogen (secondary N) is 1. The molecule has 4 aromatic rings. The summed E-state index contributed by atoms with van der Waals surface area (Å²) in [6.45, 7) is 9.75. The van der Waals surface area contributed by atoms with Crippen LogP contribution in [0.15, 0.2) is 85.7 Å². The fourth-order valence-corrected chi connectivity index (χ4v) is 7.16. The molecule has 0 bridgehead atoms. The highest BCUT2D eigenvalue weighted by molar-refractivity contribution is 6.06. The second kappa shape index (κ2) is 20.7. The van der Waals surface area contributed by atoms with Crippen molar-refractivity contribution in [3.8, 4) is 17.4 Å². The minimum Gasteiger partial charge on any atom is -0.463 e. The lowest BCUT2D eigenvalue weighted by molar-refractivity contribution is -0.288. The topological polar surface area (TPSA) is 243 Å². The van der Waals surface area contributed by atoms with Crippen LogP contribution < -0.4 is 25.0 Å². The van der Waals surface area contributed by atoms with Crippen LogP contribution in [0.2, 0.25) is 0 Å². The summed E-state index contributed by atoms with van der Waals surface area (Å²) in [5, 5.41) is 8.88. The number of fused-ring (bicyclic) bond motifs is 1. The Morgan fingerprint density at radius 3 is 1.99 bits per heavy atom. The number of ether oxygens (including phenoxy) is 8. The second-order valence-corrected chi connectivity index (χ2v) is 16.1. The average molecular weight is 966 g/mol. The van der Waals surface area contributed by atoms with E-state index in [2.05, 4.69) is 15.5 Å². The van der Waals surface area contributed by atoms with E-state index < -0.39 is 109 Å². The quantitative estimate of drug-likeness (QED) is 0.0514. The highest BCUT2D eigenvalue weighted by Crippen LogP contribution is 2.52. The van der Waals surface area contributed by atoms with Gasteiger partial charge in [-0.25, -0.2) is 0 Å². The van der Waals surface area contributed by atoms with E-state index in [1.165, 1.54) is 68.4 Å². The molecule has 0 aliphatic carbocycles. The van der Waals surface area contributed by atoms with Gasteiger partial charge < -0.3 is 47.6 Å². The van der Waals surface area contributed by atoms with E-state index >= 15 is 0 Å². The molecule has 0 unspecified atom stereocenters. The van der Waals surface area contributed by atoms with Crippen LogP contribution >= 0.6 is 0 Å². The van der Waals surface area contributed by atoms with E-state index in [4.69, 9.17) is 42.3 Å². The highest BCUT2D eigenvalue weighted by atomic mass is 19.4. The predicted molar refractivity (Wildman–Crippen MR) is 232 cm³/mol. The van der Waals surface area contributed by atoms with Gasteiger partial charge in [0.25, 0.3) is 5.91 Å². The van der Waals surface area contributed by atoms with Gasteiger partial charge in [-0.05, 0) is 68.7 Å². The molecule has 1 saturated heterocycles. The van der Waals surface area contributed by atoms with Gasteiger partial charge >= 0.3 is 47.6 Å². The normalized spacial score (nSPS) is 19.1. The second-order valence-electron chi connectivity index (χ2n) is 16.1. The molecule has 1 fully saturated rings. The number of rotatable bonds is 16. The van der Waals surface area contributed by atoms with Crippen molar-refractivity contribution in [2.45, 2.75) is 111 Å². The van der Waals surface area contributed by atoms with Crippen LogP contribution in [-0.2, 0) is 66.3 Å². The first-order valence-corrected chi connectivity index (χ1v) is 21.0. The Labute approximate surface area is 390 Å². The van der Waals surface area contributed by atoms with E-state index in [9.17, 15) is 46.7 Å². The molecule has 0 saturated carbocycles. The molecule has 19 nitrogen and oxygen atoms in total. The number of esters is 5. The maximum absolute atomic E-state index is 14.5. The van der Waals surface area contributed by atoms with Gasteiger partial charge in [-0.15, -0.1) is 10.2 Å². The molecule has 69 heavy (non-hydrogen) atoms. The van der Waals surface area contributed by atoms with Crippen molar-refractivity contribution in [2.75, 3.05) is 11.9 Å². The number of alkyl halides is 3. The number of halogens is 3. The zero-order valence-electron chi connectivity index (χ0n) is 38.3. The zero-order chi connectivity index (χ0) is 50.5. The number of allylic oxidation sites excluding steroid dienone is 2. The summed E-state index contributed by atoms with van der Waals surface area (Å²) in [5.74, 6) is -5.15. The molecule has 1 amide bonds. The molecule has 0 radical (unpaired) electrons. The summed E-state index contributed by atoms with van der Waals surface area (Å²) in [6, 6.07) is 11.9. The minimum absolute atomic E-state index is 0.0448. The number of carbonyl (C=O) groups excluding carboxylic acids is 6. The molecule has 1 N–H and O–H groups in total. The van der Waals surface area contributed by atoms with Crippen LogP contribution in [0.5, 0.6) is 17.4 Å². The molecule has 0 spiro atoms. The van der Waals surface area contributed by atoms with Gasteiger partial charge in [0.15, 0.2) is 17.9 Å². The molecule has 6 rings (SSSR count). The molecular formula is C47H46F3N3O16. The summed E-state index contributed by atoms with van der Waals surface area (Å²) >= 11 is 0. The summed E-state index contributed by atoms with van der Waals surface area (Å²) in [4.78, 5) is 89.2. The molecule has 22 heteroatoms. The molecule has 2 aliphatic heterocycles. The van der Waals surface area contributed by atoms with Crippen molar-refractivity contribution in [1.82, 2.24) is 0 Å². The van der Waals surface area contributed by atoms with Crippen LogP contribution in [0.3, 0.4) is 0 Å².